The van der Waals surface area contributed by atoms with E-state index in [0.29, 0.717) is 0 Å². The Hall–Kier alpha value is -1.84. The molecule has 0 aliphatic rings. The number of ether oxygens (including phenoxy) is 1. The first kappa shape index (κ1) is 16.0. The summed E-state index contributed by atoms with van der Waals surface area (Å²) in [5.74, 6) is 0.878. The van der Waals surface area contributed by atoms with Gasteiger partial charge in [-0.2, -0.15) is 0 Å². The van der Waals surface area contributed by atoms with Gasteiger partial charge in [0.05, 0.1) is 7.11 Å². The molecule has 0 saturated heterocycles. The molecule has 0 bridgehead atoms. The van der Waals surface area contributed by atoms with E-state index in [0.717, 1.165) is 11.3 Å². The van der Waals surface area contributed by atoms with Gasteiger partial charge in [-0.25, -0.2) is 0 Å². The first-order valence-corrected chi connectivity index (χ1v) is 8.96. The second-order valence-corrected chi connectivity index (χ2v) is 7.27. The Balaban J connectivity index is 1.73. The number of aryl methyl sites for hydroxylation is 1. The molecule has 0 aliphatic heterocycles. The molecule has 0 fully saturated rings. The summed E-state index contributed by atoms with van der Waals surface area (Å²) in [7, 11) is 1.68. The summed E-state index contributed by atoms with van der Waals surface area (Å²) in [6.45, 7) is 2.14. The Bertz CT molecular complexity index is 873. The average molecular weight is 385 g/mol. The fourth-order valence-corrected chi connectivity index (χ4v) is 4.08. The predicted octanol–water partition coefficient (Wildman–Crippen LogP) is 6.71. The van der Waals surface area contributed by atoms with Gasteiger partial charge in [0.25, 0.3) is 0 Å². The highest BCUT2D eigenvalue weighted by molar-refractivity contribution is 9.10. The van der Waals surface area contributed by atoms with Crippen LogP contribution in [0.4, 0.5) is 0 Å². The van der Waals surface area contributed by atoms with Crippen molar-refractivity contribution in [2.45, 2.75) is 6.92 Å². The van der Waals surface area contributed by atoms with E-state index in [1.807, 2.05) is 35.6 Å². The molecule has 3 heteroatoms. The molecule has 0 aliphatic carbocycles. The maximum absolute atomic E-state index is 5.16. The lowest BCUT2D eigenvalue weighted by Gasteiger charge is -1.98. The number of allylic oxidation sites excluding steroid dienone is 2. The molecule has 3 rings (SSSR count). The summed E-state index contributed by atoms with van der Waals surface area (Å²) in [6.07, 6.45) is 8.34. The first-order valence-electron chi connectivity index (χ1n) is 7.35. The van der Waals surface area contributed by atoms with Crippen molar-refractivity contribution in [3.05, 3.63) is 75.1 Å². The molecule has 23 heavy (non-hydrogen) atoms. The van der Waals surface area contributed by atoms with E-state index in [1.165, 1.54) is 25.0 Å². The highest BCUT2D eigenvalue weighted by atomic mass is 79.9. The maximum atomic E-state index is 5.16. The van der Waals surface area contributed by atoms with Gasteiger partial charge in [-0.15, -0.1) is 11.3 Å². The van der Waals surface area contributed by atoms with Gasteiger partial charge in [-0.3, -0.25) is 0 Å². The van der Waals surface area contributed by atoms with Gasteiger partial charge in [-0.1, -0.05) is 48.6 Å². The normalized spacial score (nSPS) is 11.8. The van der Waals surface area contributed by atoms with Gasteiger partial charge in [0.2, 0.25) is 0 Å². The summed E-state index contributed by atoms with van der Waals surface area (Å²) in [5, 5.41) is 1.29. The monoisotopic (exact) mass is 384 g/mol. The molecular formula is C20H17BrOS. The Kier molecular flexibility index (Phi) is 4.99. The van der Waals surface area contributed by atoms with Crippen LogP contribution in [-0.2, 0) is 0 Å². The maximum Gasteiger partial charge on any atom is 0.118 e. The highest BCUT2D eigenvalue weighted by Crippen LogP contribution is 2.35. The second kappa shape index (κ2) is 7.16. The highest BCUT2D eigenvalue weighted by Gasteiger charge is 2.05. The second-order valence-electron chi connectivity index (χ2n) is 5.22. The van der Waals surface area contributed by atoms with Crippen molar-refractivity contribution in [1.82, 2.24) is 0 Å². The van der Waals surface area contributed by atoms with Crippen molar-refractivity contribution < 1.29 is 4.74 Å². The van der Waals surface area contributed by atoms with E-state index < -0.39 is 0 Å². The van der Waals surface area contributed by atoms with Crippen LogP contribution in [0.5, 0.6) is 5.75 Å². The lowest BCUT2D eigenvalue weighted by Crippen LogP contribution is -1.81. The van der Waals surface area contributed by atoms with Crippen LogP contribution in [-0.4, -0.2) is 7.11 Å². The largest absolute Gasteiger partial charge is 0.497 e. The number of methoxy groups -OCH3 is 1. The van der Waals surface area contributed by atoms with Gasteiger partial charge < -0.3 is 4.74 Å². The van der Waals surface area contributed by atoms with Crippen molar-refractivity contribution in [1.29, 1.82) is 0 Å². The minimum Gasteiger partial charge on any atom is -0.497 e. The number of rotatable bonds is 4. The van der Waals surface area contributed by atoms with Crippen molar-refractivity contribution in [2.75, 3.05) is 7.11 Å². The zero-order chi connectivity index (χ0) is 16.2. The third-order valence-electron chi connectivity index (χ3n) is 3.62. The zero-order valence-corrected chi connectivity index (χ0v) is 15.4. The Morgan fingerprint density at radius 3 is 2.30 bits per heavy atom. The predicted molar refractivity (Wildman–Crippen MR) is 105 cm³/mol. The summed E-state index contributed by atoms with van der Waals surface area (Å²) in [4.78, 5) is 1.32. The minimum absolute atomic E-state index is 0.878. The average Bonchev–Trinajstić information content (AvgIpc) is 2.86. The van der Waals surface area contributed by atoms with Gasteiger partial charge in [0.1, 0.15) is 5.75 Å². The van der Waals surface area contributed by atoms with Gasteiger partial charge in [0, 0.05) is 19.4 Å². The van der Waals surface area contributed by atoms with E-state index in [-0.39, 0.29) is 0 Å². The summed E-state index contributed by atoms with van der Waals surface area (Å²) in [6, 6.07) is 14.6. The number of fused-ring (bicyclic) bond motifs is 1. The quantitative estimate of drug-likeness (QED) is 0.454. The van der Waals surface area contributed by atoms with Crippen LogP contribution in [0.15, 0.2) is 59.1 Å². The fraction of sp³-hybridized carbons (Fsp3) is 0.100. The van der Waals surface area contributed by atoms with Gasteiger partial charge in [-0.05, 0) is 52.2 Å². The van der Waals surface area contributed by atoms with E-state index in [1.54, 1.807) is 7.11 Å². The van der Waals surface area contributed by atoms with Gasteiger partial charge >= 0.3 is 0 Å². The van der Waals surface area contributed by atoms with Crippen LogP contribution in [0.25, 0.3) is 22.2 Å². The van der Waals surface area contributed by atoms with E-state index in [2.05, 4.69) is 65.4 Å². The minimum atomic E-state index is 0.878. The summed E-state index contributed by atoms with van der Waals surface area (Å²) in [5.41, 5.74) is 2.37. The molecule has 0 spiro atoms. The molecule has 1 heterocycles. The molecule has 0 N–H and O–H groups in total. The molecule has 0 amide bonds. The van der Waals surface area contributed by atoms with Crippen LogP contribution in [0, 0.1) is 6.92 Å². The van der Waals surface area contributed by atoms with E-state index in [4.69, 9.17) is 4.74 Å². The fourth-order valence-electron chi connectivity index (χ4n) is 2.36. The van der Waals surface area contributed by atoms with Crippen LogP contribution >= 0.6 is 27.3 Å². The molecular weight excluding hydrogens is 368 g/mol. The third kappa shape index (κ3) is 3.74. The van der Waals surface area contributed by atoms with Crippen LogP contribution in [0.1, 0.15) is 16.0 Å². The molecule has 3 aromatic rings. The Morgan fingerprint density at radius 2 is 1.61 bits per heavy atom. The number of thiophene rings is 1. The number of benzene rings is 2. The molecule has 116 valence electrons. The molecule has 0 unspecified atom stereocenters. The topological polar surface area (TPSA) is 9.23 Å². The van der Waals surface area contributed by atoms with Crippen molar-refractivity contribution >= 4 is 49.5 Å². The number of hydrogen-bond acceptors (Lipinski definition) is 2. The van der Waals surface area contributed by atoms with Gasteiger partial charge in [0.15, 0.2) is 0 Å². The molecule has 0 saturated carbocycles. The number of hydrogen-bond donors (Lipinski definition) is 0. The Labute approximate surface area is 149 Å². The molecule has 1 aromatic heterocycles. The van der Waals surface area contributed by atoms with E-state index >= 15 is 0 Å². The van der Waals surface area contributed by atoms with Crippen molar-refractivity contribution in [3.63, 3.8) is 0 Å². The first-order chi connectivity index (χ1) is 11.2. The standard InChI is InChI=1S/C20H17BrOS/c1-14-20(21)18-12-9-16(13-19(18)23-14)6-4-3-5-15-7-10-17(22-2)11-8-15/h3-13H,1-2H3. The molecule has 0 atom stereocenters. The van der Waals surface area contributed by atoms with Crippen LogP contribution < -0.4 is 4.74 Å². The lowest BCUT2D eigenvalue weighted by atomic mass is 10.1. The van der Waals surface area contributed by atoms with Crippen LogP contribution in [0.3, 0.4) is 0 Å². The molecule has 0 radical (unpaired) electrons. The third-order valence-corrected chi connectivity index (χ3v) is 5.97. The van der Waals surface area contributed by atoms with E-state index in [9.17, 15) is 0 Å². The number of halogens is 1. The summed E-state index contributed by atoms with van der Waals surface area (Å²) >= 11 is 5.47. The summed E-state index contributed by atoms with van der Waals surface area (Å²) < 4.78 is 7.69. The molecule has 2 aromatic carbocycles. The van der Waals surface area contributed by atoms with Crippen molar-refractivity contribution in [2.24, 2.45) is 0 Å². The lowest BCUT2D eigenvalue weighted by molar-refractivity contribution is 0.415. The SMILES string of the molecule is COc1ccc(C=CC=Cc2ccc3c(Br)c(C)sc3c2)cc1. The van der Waals surface area contributed by atoms with Crippen LogP contribution in [0.2, 0.25) is 0 Å². The van der Waals surface area contributed by atoms with Crippen molar-refractivity contribution in [3.8, 4) is 5.75 Å². The molecule has 1 nitrogen and oxygen atoms in total. The smallest absolute Gasteiger partial charge is 0.118 e. The Morgan fingerprint density at radius 1 is 0.957 bits per heavy atom. The zero-order valence-electron chi connectivity index (χ0n) is 13.0.